The highest BCUT2D eigenvalue weighted by molar-refractivity contribution is 5.42. The largest absolute Gasteiger partial charge is 0.485 e. The first-order chi connectivity index (χ1) is 10.1. The van der Waals surface area contributed by atoms with Gasteiger partial charge in [-0.3, -0.25) is 0 Å². The van der Waals surface area contributed by atoms with Crippen LogP contribution < -0.4 is 10.1 Å². The second-order valence-corrected chi connectivity index (χ2v) is 5.43. The third-order valence-electron chi connectivity index (χ3n) is 3.86. The van der Waals surface area contributed by atoms with Crippen LogP contribution in [0.1, 0.15) is 35.3 Å². The summed E-state index contributed by atoms with van der Waals surface area (Å²) in [6.07, 6.45) is 0.276. The number of ether oxygens (including phenoxy) is 1. The van der Waals surface area contributed by atoms with Gasteiger partial charge in [0.1, 0.15) is 23.5 Å². The molecular formula is C17H17F2NO. The molecule has 2 aromatic rings. The fourth-order valence-electron chi connectivity index (χ4n) is 2.83. The van der Waals surface area contributed by atoms with Crippen molar-refractivity contribution in [3.63, 3.8) is 0 Å². The van der Waals surface area contributed by atoms with Gasteiger partial charge in [0, 0.05) is 24.1 Å². The van der Waals surface area contributed by atoms with Gasteiger partial charge in [0.2, 0.25) is 0 Å². The third kappa shape index (κ3) is 2.76. The Bertz CT molecular complexity index is 652. The van der Waals surface area contributed by atoms with E-state index in [-0.39, 0.29) is 12.1 Å². The Morgan fingerprint density at radius 2 is 1.81 bits per heavy atom. The number of fused-ring (bicyclic) bond motifs is 1. The Labute approximate surface area is 122 Å². The third-order valence-corrected chi connectivity index (χ3v) is 3.86. The van der Waals surface area contributed by atoms with Crippen molar-refractivity contribution in [3.8, 4) is 5.75 Å². The minimum Gasteiger partial charge on any atom is -0.485 e. The molecule has 1 heterocycles. The maximum absolute atomic E-state index is 13.4. The molecule has 2 nitrogen and oxygen atoms in total. The molecule has 0 saturated carbocycles. The van der Waals surface area contributed by atoms with Crippen LogP contribution in [0.25, 0.3) is 0 Å². The topological polar surface area (TPSA) is 21.3 Å². The summed E-state index contributed by atoms with van der Waals surface area (Å²) in [5, 5.41) is 3.25. The zero-order valence-electron chi connectivity index (χ0n) is 12.0. The van der Waals surface area contributed by atoms with Gasteiger partial charge in [0.15, 0.2) is 0 Å². The Hall–Kier alpha value is -1.94. The Balaban J connectivity index is 1.98. The van der Waals surface area contributed by atoms with Crippen molar-refractivity contribution >= 4 is 0 Å². The van der Waals surface area contributed by atoms with Gasteiger partial charge in [-0.1, -0.05) is 17.7 Å². The number of rotatable bonds is 2. The first kappa shape index (κ1) is 14.0. The van der Waals surface area contributed by atoms with E-state index < -0.39 is 11.6 Å². The number of aryl methyl sites for hydroxylation is 1. The summed E-state index contributed by atoms with van der Waals surface area (Å²) in [4.78, 5) is 0. The van der Waals surface area contributed by atoms with Gasteiger partial charge < -0.3 is 10.1 Å². The molecule has 2 unspecified atom stereocenters. The number of hydrogen-bond donors (Lipinski definition) is 1. The van der Waals surface area contributed by atoms with Crippen molar-refractivity contribution in [3.05, 3.63) is 64.7 Å². The zero-order valence-corrected chi connectivity index (χ0v) is 12.0. The first-order valence-corrected chi connectivity index (χ1v) is 6.97. The summed E-state index contributed by atoms with van der Waals surface area (Å²) in [6.45, 7) is 2.03. The lowest BCUT2D eigenvalue weighted by atomic mass is 9.92. The molecule has 0 radical (unpaired) electrons. The molecule has 3 rings (SSSR count). The fourth-order valence-corrected chi connectivity index (χ4v) is 2.83. The molecule has 21 heavy (non-hydrogen) atoms. The summed E-state index contributed by atoms with van der Waals surface area (Å²) in [5.74, 6) is -0.394. The van der Waals surface area contributed by atoms with Crippen LogP contribution in [0.3, 0.4) is 0 Å². The summed E-state index contributed by atoms with van der Waals surface area (Å²) < 4.78 is 32.7. The van der Waals surface area contributed by atoms with Gasteiger partial charge in [-0.05, 0) is 37.7 Å². The van der Waals surface area contributed by atoms with E-state index in [2.05, 4.69) is 11.4 Å². The quantitative estimate of drug-likeness (QED) is 0.900. The SMILES string of the molecule is CNC1CC(c2cc(F)cc(F)c2)Oc2ccc(C)cc21. The van der Waals surface area contributed by atoms with E-state index in [0.717, 1.165) is 22.9 Å². The highest BCUT2D eigenvalue weighted by Crippen LogP contribution is 2.41. The number of hydrogen-bond acceptors (Lipinski definition) is 2. The monoisotopic (exact) mass is 289 g/mol. The molecule has 1 aliphatic heterocycles. The standard InChI is InChI=1S/C17H17F2NO/c1-10-3-4-16-14(5-10)15(20-2)9-17(21-16)11-6-12(18)8-13(19)7-11/h3-8,15,17,20H,9H2,1-2H3. The average molecular weight is 289 g/mol. The summed E-state index contributed by atoms with van der Waals surface area (Å²) in [6, 6.07) is 9.61. The van der Waals surface area contributed by atoms with E-state index in [1.54, 1.807) is 0 Å². The normalized spacial score (nSPS) is 20.8. The van der Waals surface area contributed by atoms with Crippen LogP contribution in [0, 0.1) is 18.6 Å². The van der Waals surface area contributed by atoms with E-state index >= 15 is 0 Å². The highest BCUT2D eigenvalue weighted by atomic mass is 19.1. The van der Waals surface area contributed by atoms with E-state index in [4.69, 9.17) is 4.74 Å². The second kappa shape index (κ2) is 5.45. The molecule has 0 saturated heterocycles. The van der Waals surface area contributed by atoms with Crippen LogP contribution in [0.5, 0.6) is 5.75 Å². The van der Waals surface area contributed by atoms with Gasteiger partial charge in [-0.15, -0.1) is 0 Å². The summed E-state index contributed by atoms with van der Waals surface area (Å²) in [5.41, 5.74) is 2.78. The summed E-state index contributed by atoms with van der Waals surface area (Å²) >= 11 is 0. The van der Waals surface area contributed by atoms with Crippen LogP contribution in [-0.2, 0) is 0 Å². The van der Waals surface area contributed by atoms with Gasteiger partial charge in [0.05, 0.1) is 0 Å². The maximum Gasteiger partial charge on any atom is 0.126 e. The highest BCUT2D eigenvalue weighted by Gasteiger charge is 2.29. The smallest absolute Gasteiger partial charge is 0.126 e. The van der Waals surface area contributed by atoms with Crippen LogP contribution in [0.15, 0.2) is 36.4 Å². The fraction of sp³-hybridized carbons (Fsp3) is 0.294. The molecule has 1 aliphatic rings. The van der Waals surface area contributed by atoms with Crippen molar-refractivity contribution in [2.24, 2.45) is 0 Å². The lowest BCUT2D eigenvalue weighted by molar-refractivity contribution is 0.153. The molecule has 110 valence electrons. The van der Waals surface area contributed by atoms with Crippen molar-refractivity contribution < 1.29 is 13.5 Å². The minimum atomic E-state index is -0.579. The molecule has 0 bridgehead atoms. The van der Waals surface area contributed by atoms with Crippen LogP contribution in [-0.4, -0.2) is 7.05 Å². The molecule has 0 fully saturated rings. The Morgan fingerprint density at radius 3 is 2.48 bits per heavy atom. The molecule has 1 N–H and O–H groups in total. The molecule has 0 aliphatic carbocycles. The average Bonchev–Trinajstić information content (AvgIpc) is 2.45. The predicted molar refractivity (Wildman–Crippen MR) is 77.3 cm³/mol. The van der Waals surface area contributed by atoms with Gasteiger partial charge in [-0.2, -0.15) is 0 Å². The molecule has 0 amide bonds. The maximum atomic E-state index is 13.4. The molecular weight excluding hydrogens is 272 g/mol. The van der Waals surface area contributed by atoms with E-state index in [1.807, 2.05) is 26.1 Å². The number of nitrogens with one attached hydrogen (secondary N) is 1. The van der Waals surface area contributed by atoms with Crippen LogP contribution >= 0.6 is 0 Å². The van der Waals surface area contributed by atoms with Crippen molar-refractivity contribution in [1.29, 1.82) is 0 Å². The van der Waals surface area contributed by atoms with Crippen LogP contribution in [0.2, 0.25) is 0 Å². The van der Waals surface area contributed by atoms with Crippen molar-refractivity contribution in [1.82, 2.24) is 5.32 Å². The van der Waals surface area contributed by atoms with E-state index in [9.17, 15) is 8.78 Å². The Kier molecular flexibility index (Phi) is 3.64. The Morgan fingerprint density at radius 1 is 1.10 bits per heavy atom. The lowest BCUT2D eigenvalue weighted by Gasteiger charge is -2.32. The molecule has 0 aromatic heterocycles. The van der Waals surface area contributed by atoms with Gasteiger partial charge >= 0.3 is 0 Å². The zero-order chi connectivity index (χ0) is 15.0. The first-order valence-electron chi connectivity index (χ1n) is 6.97. The minimum absolute atomic E-state index is 0.102. The predicted octanol–water partition coefficient (Wildman–Crippen LogP) is 4.06. The number of halogens is 2. The molecule has 2 atom stereocenters. The van der Waals surface area contributed by atoms with Gasteiger partial charge in [0.25, 0.3) is 0 Å². The number of benzene rings is 2. The van der Waals surface area contributed by atoms with Crippen molar-refractivity contribution in [2.75, 3.05) is 7.05 Å². The molecule has 0 spiro atoms. The molecule has 2 aromatic carbocycles. The summed E-state index contributed by atoms with van der Waals surface area (Å²) in [7, 11) is 1.88. The van der Waals surface area contributed by atoms with Crippen molar-refractivity contribution in [2.45, 2.75) is 25.5 Å². The lowest BCUT2D eigenvalue weighted by Crippen LogP contribution is -2.27. The van der Waals surface area contributed by atoms with Crippen LogP contribution in [0.4, 0.5) is 8.78 Å². The molecule has 4 heteroatoms. The van der Waals surface area contributed by atoms with Gasteiger partial charge in [-0.25, -0.2) is 8.78 Å². The van der Waals surface area contributed by atoms with E-state index in [0.29, 0.717) is 12.0 Å². The van der Waals surface area contributed by atoms with E-state index in [1.165, 1.54) is 12.1 Å². The second-order valence-electron chi connectivity index (χ2n) is 5.43.